The third kappa shape index (κ3) is 4.85. The lowest BCUT2D eigenvalue weighted by Crippen LogP contribution is -1.98. The summed E-state index contributed by atoms with van der Waals surface area (Å²) in [7, 11) is 0. The predicted octanol–water partition coefficient (Wildman–Crippen LogP) is 5.15. The monoisotopic (exact) mass is 415 g/mol. The molecule has 2 aromatic carbocycles. The fourth-order valence-corrected chi connectivity index (χ4v) is 4.07. The van der Waals surface area contributed by atoms with Crippen molar-refractivity contribution in [1.29, 1.82) is 0 Å². The Bertz CT molecular complexity index is 1020. The Kier molecular flexibility index (Phi) is 5.66. The summed E-state index contributed by atoms with van der Waals surface area (Å²) in [5.41, 5.74) is 2.02. The minimum atomic E-state index is 0.524. The van der Waals surface area contributed by atoms with E-state index >= 15 is 0 Å². The molecule has 0 bridgehead atoms. The van der Waals surface area contributed by atoms with Gasteiger partial charge in [-0.2, -0.15) is 4.98 Å². The van der Waals surface area contributed by atoms with Gasteiger partial charge in [0.1, 0.15) is 0 Å². The van der Waals surface area contributed by atoms with E-state index in [4.69, 9.17) is 16.1 Å². The highest BCUT2D eigenvalue weighted by Crippen LogP contribution is 2.29. The first-order chi connectivity index (χ1) is 13.3. The minimum absolute atomic E-state index is 0.524. The third-order valence-corrected chi connectivity index (χ3v) is 5.80. The van der Waals surface area contributed by atoms with Gasteiger partial charge in [0.05, 0.1) is 5.75 Å². The summed E-state index contributed by atoms with van der Waals surface area (Å²) in [6.45, 7) is 0.715. The zero-order chi connectivity index (χ0) is 18.5. The molecule has 4 aromatic rings. The van der Waals surface area contributed by atoms with Gasteiger partial charge in [-0.3, -0.25) is 0 Å². The van der Waals surface area contributed by atoms with Crippen LogP contribution in [0.2, 0.25) is 5.02 Å². The molecule has 0 amide bonds. The lowest BCUT2D eigenvalue weighted by Gasteiger charge is -2.00. The van der Waals surface area contributed by atoms with Gasteiger partial charge >= 0.3 is 0 Å². The van der Waals surface area contributed by atoms with E-state index in [2.05, 4.69) is 37.8 Å². The standard InChI is InChI=1S/C18H14ClN5OS2/c19-14-8-4-7-13(9-14)16-21-15(25-24-16)11-26-18-23-22-17(27-18)20-10-12-5-2-1-3-6-12/h1-9H,10-11H2,(H,20,22). The van der Waals surface area contributed by atoms with Crippen LogP contribution in [0.25, 0.3) is 11.4 Å². The molecule has 0 saturated heterocycles. The molecule has 0 aliphatic carbocycles. The highest BCUT2D eigenvalue weighted by Gasteiger charge is 2.11. The van der Waals surface area contributed by atoms with Crippen molar-refractivity contribution in [3.63, 3.8) is 0 Å². The fourth-order valence-electron chi connectivity index (χ4n) is 2.29. The van der Waals surface area contributed by atoms with Gasteiger partial charge in [-0.1, -0.05) is 82.3 Å². The van der Waals surface area contributed by atoms with E-state index in [9.17, 15) is 0 Å². The van der Waals surface area contributed by atoms with Crippen molar-refractivity contribution >= 4 is 39.8 Å². The zero-order valence-electron chi connectivity index (χ0n) is 14.0. The second kappa shape index (κ2) is 8.51. The zero-order valence-corrected chi connectivity index (χ0v) is 16.4. The van der Waals surface area contributed by atoms with Crippen LogP contribution in [-0.2, 0) is 12.3 Å². The van der Waals surface area contributed by atoms with Crippen LogP contribution in [0, 0.1) is 0 Å². The van der Waals surface area contributed by atoms with E-state index in [-0.39, 0.29) is 0 Å². The Morgan fingerprint density at radius 2 is 1.96 bits per heavy atom. The number of aromatic nitrogens is 4. The first kappa shape index (κ1) is 18.0. The van der Waals surface area contributed by atoms with E-state index in [1.807, 2.05) is 30.3 Å². The Morgan fingerprint density at radius 1 is 1.07 bits per heavy atom. The van der Waals surface area contributed by atoms with Gasteiger partial charge in [0, 0.05) is 17.1 Å². The molecule has 6 nitrogen and oxygen atoms in total. The molecule has 0 aliphatic rings. The number of benzene rings is 2. The Hall–Kier alpha value is -2.42. The Balaban J connectivity index is 1.32. The maximum Gasteiger partial charge on any atom is 0.237 e. The molecule has 0 unspecified atom stereocenters. The fraction of sp³-hybridized carbons (Fsp3) is 0.111. The second-order valence-corrected chi connectivity index (χ2v) is 8.16. The van der Waals surface area contributed by atoms with Crippen LogP contribution in [0.5, 0.6) is 0 Å². The predicted molar refractivity (Wildman–Crippen MR) is 108 cm³/mol. The molecule has 4 rings (SSSR count). The van der Waals surface area contributed by atoms with Gasteiger partial charge < -0.3 is 9.84 Å². The molecule has 27 heavy (non-hydrogen) atoms. The van der Waals surface area contributed by atoms with Crippen molar-refractivity contribution in [2.45, 2.75) is 16.6 Å². The van der Waals surface area contributed by atoms with Gasteiger partial charge in [0.25, 0.3) is 0 Å². The number of anilines is 1. The lowest BCUT2D eigenvalue weighted by atomic mass is 10.2. The average Bonchev–Trinajstić information content (AvgIpc) is 3.35. The molecule has 9 heteroatoms. The molecule has 0 aliphatic heterocycles. The van der Waals surface area contributed by atoms with Gasteiger partial charge in [0.2, 0.25) is 16.8 Å². The van der Waals surface area contributed by atoms with E-state index < -0.39 is 0 Å². The summed E-state index contributed by atoms with van der Waals surface area (Å²) in [5.74, 6) is 1.58. The molecule has 0 fully saturated rings. The van der Waals surface area contributed by atoms with Crippen LogP contribution in [0.1, 0.15) is 11.5 Å². The van der Waals surface area contributed by atoms with Crippen LogP contribution in [0.15, 0.2) is 63.5 Å². The van der Waals surface area contributed by atoms with E-state index in [0.717, 1.165) is 15.0 Å². The number of hydrogen-bond acceptors (Lipinski definition) is 8. The Labute approximate surface area is 169 Å². The normalized spacial score (nSPS) is 10.9. The van der Waals surface area contributed by atoms with Crippen LogP contribution in [0.3, 0.4) is 0 Å². The van der Waals surface area contributed by atoms with E-state index in [0.29, 0.717) is 29.0 Å². The topological polar surface area (TPSA) is 76.7 Å². The first-order valence-corrected chi connectivity index (χ1v) is 10.3. The molecule has 1 N–H and O–H groups in total. The Morgan fingerprint density at radius 3 is 2.81 bits per heavy atom. The number of halogens is 1. The maximum absolute atomic E-state index is 6.00. The maximum atomic E-state index is 6.00. The van der Waals surface area contributed by atoms with Gasteiger partial charge in [-0.15, -0.1) is 10.2 Å². The van der Waals surface area contributed by atoms with Crippen molar-refractivity contribution < 1.29 is 4.52 Å². The minimum Gasteiger partial charge on any atom is -0.356 e. The van der Waals surface area contributed by atoms with E-state index in [1.54, 1.807) is 12.1 Å². The summed E-state index contributed by atoms with van der Waals surface area (Å²) in [6, 6.07) is 17.5. The smallest absolute Gasteiger partial charge is 0.237 e. The molecule has 2 heterocycles. The van der Waals surface area contributed by atoms with Crippen molar-refractivity contribution in [2.24, 2.45) is 0 Å². The van der Waals surface area contributed by atoms with E-state index in [1.165, 1.54) is 28.7 Å². The molecular formula is C18H14ClN5OS2. The molecule has 2 aromatic heterocycles. The molecule has 0 atom stereocenters. The summed E-state index contributed by atoms with van der Waals surface area (Å²) in [5, 5.41) is 17.0. The van der Waals surface area contributed by atoms with Crippen LogP contribution in [-0.4, -0.2) is 20.3 Å². The van der Waals surface area contributed by atoms with Crippen LogP contribution in [0.4, 0.5) is 5.13 Å². The van der Waals surface area contributed by atoms with Crippen molar-refractivity contribution in [3.05, 3.63) is 71.1 Å². The molecular weight excluding hydrogens is 402 g/mol. The second-order valence-electron chi connectivity index (χ2n) is 5.52. The highest BCUT2D eigenvalue weighted by molar-refractivity contribution is 8.00. The lowest BCUT2D eigenvalue weighted by molar-refractivity contribution is 0.391. The number of nitrogens with zero attached hydrogens (tertiary/aromatic N) is 4. The summed E-state index contributed by atoms with van der Waals surface area (Å²) in [4.78, 5) is 4.40. The number of hydrogen-bond donors (Lipinski definition) is 1. The number of rotatable bonds is 7. The number of thioether (sulfide) groups is 1. The molecule has 136 valence electrons. The van der Waals surface area contributed by atoms with Gasteiger partial charge in [0.15, 0.2) is 4.34 Å². The number of nitrogens with one attached hydrogen (secondary N) is 1. The largest absolute Gasteiger partial charge is 0.356 e. The molecule has 0 spiro atoms. The highest BCUT2D eigenvalue weighted by atomic mass is 35.5. The average molecular weight is 416 g/mol. The van der Waals surface area contributed by atoms with Crippen molar-refractivity contribution in [2.75, 3.05) is 5.32 Å². The van der Waals surface area contributed by atoms with Crippen molar-refractivity contribution in [1.82, 2.24) is 20.3 Å². The summed E-state index contributed by atoms with van der Waals surface area (Å²) < 4.78 is 6.15. The molecule has 0 radical (unpaired) electrons. The van der Waals surface area contributed by atoms with Gasteiger partial charge in [-0.25, -0.2) is 0 Å². The van der Waals surface area contributed by atoms with Crippen molar-refractivity contribution in [3.8, 4) is 11.4 Å². The SMILES string of the molecule is Clc1cccc(-c2noc(CSc3nnc(NCc4ccccc4)s3)n2)c1. The summed E-state index contributed by atoms with van der Waals surface area (Å²) >= 11 is 9.01. The third-order valence-electron chi connectivity index (χ3n) is 3.56. The van der Waals surface area contributed by atoms with Gasteiger partial charge in [-0.05, 0) is 17.7 Å². The quantitative estimate of drug-likeness (QED) is 0.418. The first-order valence-electron chi connectivity index (χ1n) is 8.09. The van der Waals surface area contributed by atoms with Crippen LogP contribution >= 0.6 is 34.7 Å². The summed E-state index contributed by atoms with van der Waals surface area (Å²) in [6.07, 6.45) is 0. The van der Waals surface area contributed by atoms with Crippen LogP contribution < -0.4 is 5.32 Å². The molecule has 0 saturated carbocycles.